The first-order chi connectivity index (χ1) is 14.1. The molecule has 0 saturated carbocycles. The van der Waals surface area contributed by atoms with Crippen LogP contribution in [0.5, 0.6) is 0 Å². The molecular weight excluding hydrogens is 368 g/mol. The quantitative estimate of drug-likeness (QED) is 0.235. The maximum absolute atomic E-state index is 12.4. The average molecular weight is 392 g/mol. The number of unbranched alkanes of at least 4 members (excludes halogenated alkanes) is 1. The van der Waals surface area contributed by atoms with Crippen molar-refractivity contribution in [3.05, 3.63) is 81.4 Å². The summed E-state index contributed by atoms with van der Waals surface area (Å²) >= 11 is 0. The summed E-state index contributed by atoms with van der Waals surface area (Å²) < 4.78 is 5.36. The molecule has 0 amide bonds. The van der Waals surface area contributed by atoms with Crippen LogP contribution in [0.15, 0.2) is 54.6 Å². The first kappa shape index (κ1) is 19.2. The summed E-state index contributed by atoms with van der Waals surface area (Å²) in [6, 6.07) is 12.5. The van der Waals surface area contributed by atoms with Crippen LogP contribution >= 0.6 is 0 Å². The Kier molecular flexibility index (Phi) is 5.34. The predicted molar refractivity (Wildman–Crippen MR) is 111 cm³/mol. The predicted octanol–water partition coefficient (Wildman–Crippen LogP) is 5.38. The van der Waals surface area contributed by atoms with Crippen LogP contribution in [0.3, 0.4) is 0 Å². The van der Waals surface area contributed by atoms with Crippen LogP contribution in [0, 0.1) is 16.0 Å². The lowest BCUT2D eigenvalue weighted by Crippen LogP contribution is -2.29. The zero-order valence-corrected chi connectivity index (χ0v) is 16.3. The van der Waals surface area contributed by atoms with E-state index in [-0.39, 0.29) is 28.5 Å². The number of nitro groups is 1. The molecule has 0 aromatic heterocycles. The first-order valence-corrected chi connectivity index (χ1v) is 10.1. The molecule has 150 valence electrons. The molecule has 4 rings (SSSR count). The third-order valence-corrected chi connectivity index (χ3v) is 5.79. The SMILES string of the molecule is CCCCOC(=O)c1ccc2c(c1)[C@@H]1C=CC[C@H]1[C@@H](c1ccc([N+](=O)[O-])cc1)N2. The Bertz CT molecular complexity index is 952. The average Bonchev–Trinajstić information content (AvgIpc) is 3.23. The van der Waals surface area contributed by atoms with E-state index in [0.29, 0.717) is 18.1 Å². The van der Waals surface area contributed by atoms with Crippen molar-refractivity contribution in [2.75, 3.05) is 11.9 Å². The van der Waals surface area contributed by atoms with Gasteiger partial charge in [-0.3, -0.25) is 10.1 Å². The first-order valence-electron chi connectivity index (χ1n) is 10.1. The Morgan fingerprint density at radius 1 is 1.24 bits per heavy atom. The standard InChI is InChI=1S/C23H24N2O4/c1-2-3-13-29-23(26)16-9-12-21-20(14-16)18-5-4-6-19(18)22(24-21)15-7-10-17(11-8-15)25(27)28/h4-5,7-12,14,18-19,22,24H,2-3,6,13H2,1H3/t18-,19-,22-/m1/s1. The topological polar surface area (TPSA) is 81.5 Å². The van der Waals surface area contributed by atoms with Gasteiger partial charge in [-0.25, -0.2) is 4.79 Å². The van der Waals surface area contributed by atoms with Crippen molar-refractivity contribution in [1.29, 1.82) is 0 Å². The minimum atomic E-state index is -0.381. The molecule has 1 aliphatic carbocycles. The van der Waals surface area contributed by atoms with Crippen molar-refractivity contribution in [2.45, 2.75) is 38.1 Å². The molecule has 6 nitrogen and oxygen atoms in total. The lowest BCUT2D eigenvalue weighted by molar-refractivity contribution is -0.384. The molecule has 0 radical (unpaired) electrons. The summed E-state index contributed by atoms with van der Waals surface area (Å²) in [5, 5.41) is 14.5. The maximum Gasteiger partial charge on any atom is 0.338 e. The van der Waals surface area contributed by atoms with Gasteiger partial charge in [0, 0.05) is 23.7 Å². The van der Waals surface area contributed by atoms with E-state index in [1.165, 1.54) is 0 Å². The van der Waals surface area contributed by atoms with Gasteiger partial charge in [0.25, 0.3) is 5.69 Å². The van der Waals surface area contributed by atoms with Gasteiger partial charge in [-0.1, -0.05) is 37.6 Å². The highest BCUT2D eigenvalue weighted by atomic mass is 16.6. The summed E-state index contributed by atoms with van der Waals surface area (Å²) in [7, 11) is 0. The highest BCUT2D eigenvalue weighted by Gasteiger charge is 2.38. The molecular formula is C23H24N2O4. The number of non-ortho nitro benzene ring substituents is 1. The van der Waals surface area contributed by atoms with Crippen LogP contribution in [-0.2, 0) is 4.74 Å². The number of nitrogens with one attached hydrogen (secondary N) is 1. The second-order valence-electron chi connectivity index (χ2n) is 7.62. The number of esters is 1. The highest BCUT2D eigenvalue weighted by molar-refractivity contribution is 5.90. The van der Waals surface area contributed by atoms with Crippen LogP contribution < -0.4 is 5.32 Å². The molecule has 1 heterocycles. The Labute approximate surface area is 169 Å². The number of hydrogen-bond donors (Lipinski definition) is 1. The van der Waals surface area contributed by atoms with Crippen LogP contribution in [0.1, 0.15) is 59.6 Å². The van der Waals surface area contributed by atoms with Gasteiger partial charge in [0.05, 0.1) is 23.1 Å². The van der Waals surface area contributed by atoms with Crippen molar-refractivity contribution in [1.82, 2.24) is 0 Å². The fourth-order valence-corrected chi connectivity index (χ4v) is 4.25. The molecule has 29 heavy (non-hydrogen) atoms. The number of nitro benzene ring substituents is 1. The van der Waals surface area contributed by atoms with Gasteiger partial charge in [-0.05, 0) is 48.1 Å². The summed E-state index contributed by atoms with van der Waals surface area (Å²) in [5.41, 5.74) is 3.80. The van der Waals surface area contributed by atoms with Gasteiger partial charge >= 0.3 is 5.97 Å². The van der Waals surface area contributed by atoms with E-state index in [1.807, 2.05) is 24.3 Å². The normalized spacial score (nSPS) is 21.8. The number of carbonyl (C=O) groups is 1. The van der Waals surface area contributed by atoms with Gasteiger partial charge in [-0.15, -0.1) is 0 Å². The second-order valence-corrected chi connectivity index (χ2v) is 7.62. The summed E-state index contributed by atoms with van der Waals surface area (Å²) in [6.45, 7) is 2.51. The van der Waals surface area contributed by atoms with Crippen molar-refractivity contribution >= 4 is 17.3 Å². The molecule has 0 unspecified atom stereocenters. The molecule has 0 spiro atoms. The minimum absolute atomic E-state index is 0.0608. The maximum atomic E-state index is 12.4. The lowest BCUT2D eigenvalue weighted by atomic mass is 9.76. The third-order valence-electron chi connectivity index (χ3n) is 5.79. The largest absolute Gasteiger partial charge is 0.462 e. The van der Waals surface area contributed by atoms with E-state index < -0.39 is 0 Å². The van der Waals surface area contributed by atoms with E-state index in [9.17, 15) is 14.9 Å². The third kappa shape index (κ3) is 3.75. The Hall–Kier alpha value is -3.15. The zero-order chi connectivity index (χ0) is 20.4. The zero-order valence-electron chi connectivity index (χ0n) is 16.3. The van der Waals surface area contributed by atoms with Crippen LogP contribution in [0.2, 0.25) is 0 Å². The van der Waals surface area contributed by atoms with E-state index >= 15 is 0 Å². The van der Waals surface area contributed by atoms with Gasteiger partial charge in [-0.2, -0.15) is 0 Å². The van der Waals surface area contributed by atoms with Gasteiger partial charge in [0.1, 0.15) is 0 Å². The number of nitrogens with zero attached hydrogens (tertiary/aromatic N) is 1. The molecule has 3 atom stereocenters. The number of allylic oxidation sites excluding steroid dienone is 2. The second kappa shape index (κ2) is 8.07. The molecule has 6 heteroatoms. The van der Waals surface area contributed by atoms with Gasteiger partial charge in [0.2, 0.25) is 0 Å². The number of benzene rings is 2. The minimum Gasteiger partial charge on any atom is -0.462 e. The molecule has 0 bridgehead atoms. The fraction of sp³-hybridized carbons (Fsp3) is 0.348. The summed E-state index contributed by atoms with van der Waals surface area (Å²) in [4.78, 5) is 22.9. The van der Waals surface area contributed by atoms with Crippen molar-refractivity contribution < 1.29 is 14.5 Å². The number of anilines is 1. The van der Waals surface area contributed by atoms with Crippen LogP contribution in [0.4, 0.5) is 11.4 Å². The Morgan fingerprint density at radius 3 is 2.76 bits per heavy atom. The molecule has 2 aliphatic rings. The molecule has 1 aliphatic heterocycles. The lowest BCUT2D eigenvalue weighted by Gasteiger charge is -2.37. The summed E-state index contributed by atoms with van der Waals surface area (Å²) in [6.07, 6.45) is 7.15. The van der Waals surface area contributed by atoms with Gasteiger partial charge < -0.3 is 10.1 Å². The van der Waals surface area contributed by atoms with Gasteiger partial charge in [0.15, 0.2) is 0 Å². The van der Waals surface area contributed by atoms with Crippen molar-refractivity contribution in [3.8, 4) is 0 Å². The fourth-order valence-electron chi connectivity index (χ4n) is 4.25. The summed E-state index contributed by atoms with van der Waals surface area (Å²) in [5.74, 6) is 0.224. The van der Waals surface area contributed by atoms with Crippen LogP contribution in [0.25, 0.3) is 0 Å². The van der Waals surface area contributed by atoms with Crippen molar-refractivity contribution in [2.24, 2.45) is 5.92 Å². The van der Waals surface area contributed by atoms with E-state index in [2.05, 4.69) is 24.4 Å². The van der Waals surface area contributed by atoms with Crippen molar-refractivity contribution in [3.63, 3.8) is 0 Å². The van der Waals surface area contributed by atoms with Crippen LogP contribution in [-0.4, -0.2) is 17.5 Å². The molecule has 2 aromatic rings. The van der Waals surface area contributed by atoms with E-state index in [0.717, 1.165) is 36.1 Å². The molecule has 0 fully saturated rings. The number of hydrogen-bond acceptors (Lipinski definition) is 5. The number of rotatable bonds is 6. The van der Waals surface area contributed by atoms with E-state index in [4.69, 9.17) is 4.74 Å². The molecule has 2 aromatic carbocycles. The Balaban J connectivity index is 1.60. The van der Waals surface area contributed by atoms with E-state index in [1.54, 1.807) is 18.2 Å². The number of fused-ring (bicyclic) bond motifs is 3. The highest BCUT2D eigenvalue weighted by Crippen LogP contribution is 2.50. The number of carbonyl (C=O) groups excluding carboxylic acids is 1. The monoisotopic (exact) mass is 392 g/mol. The molecule has 1 N–H and O–H groups in total. The molecule has 0 saturated heterocycles. The Morgan fingerprint density at radius 2 is 2.03 bits per heavy atom. The smallest absolute Gasteiger partial charge is 0.338 e. The number of ether oxygens (including phenoxy) is 1.